The molecule has 0 aliphatic carbocycles. The van der Waals surface area contributed by atoms with Gasteiger partial charge in [-0.05, 0) is 68.8 Å². The van der Waals surface area contributed by atoms with Crippen LogP contribution in [0.5, 0.6) is 11.5 Å². The molecule has 7 heteroatoms. The molecule has 0 bridgehead atoms. The lowest BCUT2D eigenvalue weighted by atomic mass is 10.1. The molecule has 146 valence electrons. The summed E-state index contributed by atoms with van der Waals surface area (Å²) in [7, 11) is 0. The van der Waals surface area contributed by atoms with E-state index >= 15 is 0 Å². The molecule has 6 nitrogen and oxygen atoms in total. The number of halogens is 1. The molecular formula is C21H21FN2O4. The number of benzene rings is 2. The van der Waals surface area contributed by atoms with Gasteiger partial charge in [0.05, 0.1) is 18.4 Å². The van der Waals surface area contributed by atoms with Gasteiger partial charge in [-0.2, -0.15) is 0 Å². The van der Waals surface area contributed by atoms with Gasteiger partial charge in [-0.15, -0.1) is 0 Å². The van der Waals surface area contributed by atoms with Gasteiger partial charge in [-0.25, -0.2) is 9.40 Å². The van der Waals surface area contributed by atoms with Crippen LogP contribution in [0.25, 0.3) is 6.08 Å². The van der Waals surface area contributed by atoms with Crippen LogP contribution >= 0.6 is 0 Å². The fourth-order valence-corrected chi connectivity index (χ4v) is 2.73. The van der Waals surface area contributed by atoms with E-state index in [1.165, 1.54) is 30.3 Å². The maximum absolute atomic E-state index is 13.1. The molecule has 0 atom stereocenters. The summed E-state index contributed by atoms with van der Waals surface area (Å²) in [6, 6.07) is 10.5. The first-order valence-electron chi connectivity index (χ1n) is 8.95. The highest BCUT2D eigenvalue weighted by Gasteiger charge is 2.34. The highest BCUT2D eigenvalue weighted by Crippen LogP contribution is 2.31. The average Bonchev–Trinajstić information content (AvgIpc) is 2.92. The van der Waals surface area contributed by atoms with E-state index in [-0.39, 0.29) is 11.7 Å². The molecule has 2 amide bonds. The van der Waals surface area contributed by atoms with Crippen LogP contribution < -0.4 is 19.9 Å². The Bertz CT molecular complexity index is 923. The average molecular weight is 384 g/mol. The number of hydrogen-bond acceptors (Lipinski definition) is 4. The van der Waals surface area contributed by atoms with Gasteiger partial charge in [0.25, 0.3) is 11.8 Å². The van der Waals surface area contributed by atoms with E-state index < -0.39 is 17.6 Å². The van der Waals surface area contributed by atoms with Crippen molar-refractivity contribution in [3.05, 3.63) is 59.4 Å². The Balaban J connectivity index is 1.90. The number of carbonyl (C=O) groups is 2. The van der Waals surface area contributed by atoms with Crippen molar-refractivity contribution >= 4 is 23.6 Å². The van der Waals surface area contributed by atoms with Gasteiger partial charge in [0.1, 0.15) is 11.4 Å². The second-order valence-electron chi connectivity index (χ2n) is 6.42. The van der Waals surface area contributed by atoms with Gasteiger partial charge in [0.2, 0.25) is 0 Å². The Morgan fingerprint density at radius 2 is 1.82 bits per heavy atom. The van der Waals surface area contributed by atoms with Crippen molar-refractivity contribution in [1.29, 1.82) is 0 Å². The molecule has 2 aromatic rings. The molecular weight excluding hydrogens is 363 g/mol. The van der Waals surface area contributed by atoms with Crippen LogP contribution in [0.4, 0.5) is 10.1 Å². The first-order chi connectivity index (χ1) is 13.4. The number of hydrogen-bond donors (Lipinski definition) is 1. The quantitative estimate of drug-likeness (QED) is 0.612. The molecule has 1 saturated heterocycles. The monoisotopic (exact) mass is 384 g/mol. The number of anilines is 1. The van der Waals surface area contributed by atoms with Gasteiger partial charge >= 0.3 is 0 Å². The van der Waals surface area contributed by atoms with Gasteiger partial charge in [0, 0.05) is 0 Å². The lowest BCUT2D eigenvalue weighted by molar-refractivity contribution is -0.117. The molecule has 28 heavy (non-hydrogen) atoms. The fraction of sp³-hybridized carbons (Fsp3) is 0.238. The maximum atomic E-state index is 13.1. The minimum atomic E-state index is -0.533. The van der Waals surface area contributed by atoms with Crippen LogP contribution in [-0.4, -0.2) is 24.5 Å². The first kappa shape index (κ1) is 19.4. The molecule has 1 aliphatic rings. The van der Waals surface area contributed by atoms with E-state index in [0.717, 1.165) is 5.01 Å². The molecule has 0 unspecified atom stereocenters. The zero-order valence-electron chi connectivity index (χ0n) is 15.9. The molecule has 0 aromatic heterocycles. The zero-order chi connectivity index (χ0) is 20.3. The van der Waals surface area contributed by atoms with E-state index in [1.807, 2.05) is 20.8 Å². The summed E-state index contributed by atoms with van der Waals surface area (Å²) in [5.74, 6) is -0.350. The predicted molar refractivity (Wildman–Crippen MR) is 103 cm³/mol. The van der Waals surface area contributed by atoms with Gasteiger partial charge < -0.3 is 9.47 Å². The molecule has 0 spiro atoms. The van der Waals surface area contributed by atoms with Crippen LogP contribution in [0, 0.1) is 5.82 Å². The van der Waals surface area contributed by atoms with E-state index in [4.69, 9.17) is 9.47 Å². The van der Waals surface area contributed by atoms with Crippen molar-refractivity contribution in [2.75, 3.05) is 11.6 Å². The topological polar surface area (TPSA) is 67.9 Å². The van der Waals surface area contributed by atoms with Crippen molar-refractivity contribution < 1.29 is 23.5 Å². The minimum Gasteiger partial charge on any atom is -0.490 e. The highest BCUT2D eigenvalue weighted by atomic mass is 19.1. The Kier molecular flexibility index (Phi) is 5.63. The van der Waals surface area contributed by atoms with E-state index in [9.17, 15) is 14.0 Å². The molecule has 3 rings (SSSR count). The molecule has 2 aromatic carbocycles. The largest absolute Gasteiger partial charge is 0.490 e. The van der Waals surface area contributed by atoms with Gasteiger partial charge in [-0.3, -0.25) is 15.0 Å². The second-order valence-corrected chi connectivity index (χ2v) is 6.42. The molecule has 1 fully saturated rings. The molecule has 0 saturated carbocycles. The Hall–Kier alpha value is -3.35. The smallest absolute Gasteiger partial charge is 0.282 e. The van der Waals surface area contributed by atoms with Crippen LogP contribution in [0.1, 0.15) is 26.3 Å². The summed E-state index contributed by atoms with van der Waals surface area (Å²) >= 11 is 0. The van der Waals surface area contributed by atoms with Crippen molar-refractivity contribution in [2.45, 2.75) is 26.9 Å². The van der Waals surface area contributed by atoms with Gasteiger partial charge in [-0.1, -0.05) is 6.07 Å². The normalized spacial score (nSPS) is 15.3. The van der Waals surface area contributed by atoms with E-state index in [1.54, 1.807) is 18.2 Å². The number of nitrogens with one attached hydrogen (secondary N) is 1. The third kappa shape index (κ3) is 4.14. The van der Waals surface area contributed by atoms with Crippen molar-refractivity contribution in [3.8, 4) is 11.5 Å². The summed E-state index contributed by atoms with van der Waals surface area (Å²) in [6.45, 7) is 6.14. The van der Waals surface area contributed by atoms with Crippen LogP contribution in [0.2, 0.25) is 0 Å². The Morgan fingerprint density at radius 1 is 1.11 bits per heavy atom. The minimum absolute atomic E-state index is 0.0186. The maximum Gasteiger partial charge on any atom is 0.282 e. The Labute approximate surface area is 162 Å². The van der Waals surface area contributed by atoms with Crippen LogP contribution in [-0.2, 0) is 9.59 Å². The molecule has 1 N–H and O–H groups in total. The number of carbonyl (C=O) groups excluding carboxylic acids is 2. The second kappa shape index (κ2) is 8.12. The summed E-state index contributed by atoms with van der Waals surface area (Å²) in [6.07, 6.45) is 1.47. The Morgan fingerprint density at radius 3 is 2.46 bits per heavy atom. The number of hydrazine groups is 1. The SMILES string of the molecule is CCOc1cc(/C=C2/C(=O)NN(c3ccc(F)cc3)C2=O)ccc1OC(C)C. The summed E-state index contributed by atoms with van der Waals surface area (Å²) < 4.78 is 24.4. The zero-order valence-corrected chi connectivity index (χ0v) is 15.9. The van der Waals surface area contributed by atoms with Crippen molar-refractivity contribution in [3.63, 3.8) is 0 Å². The predicted octanol–water partition coefficient (Wildman–Crippen LogP) is 3.47. The number of ether oxygens (including phenoxy) is 2. The number of nitrogens with zero attached hydrogens (tertiary/aromatic N) is 1. The number of rotatable bonds is 6. The van der Waals surface area contributed by atoms with Gasteiger partial charge in [0.15, 0.2) is 11.5 Å². The number of amides is 2. The molecule has 1 heterocycles. The summed E-state index contributed by atoms with van der Waals surface area (Å²) in [5.41, 5.74) is 3.46. The van der Waals surface area contributed by atoms with E-state index in [0.29, 0.717) is 29.4 Å². The fourth-order valence-electron chi connectivity index (χ4n) is 2.73. The van der Waals surface area contributed by atoms with Crippen molar-refractivity contribution in [2.24, 2.45) is 0 Å². The van der Waals surface area contributed by atoms with Crippen LogP contribution in [0.3, 0.4) is 0 Å². The highest BCUT2D eigenvalue weighted by molar-refractivity contribution is 6.31. The van der Waals surface area contributed by atoms with Crippen molar-refractivity contribution in [1.82, 2.24) is 5.43 Å². The summed E-state index contributed by atoms with van der Waals surface area (Å²) in [5, 5.41) is 1.09. The lowest BCUT2D eigenvalue weighted by Gasteiger charge is -2.15. The summed E-state index contributed by atoms with van der Waals surface area (Å²) in [4.78, 5) is 24.9. The molecule has 1 aliphatic heterocycles. The standard InChI is InChI=1S/C21H21FN2O4/c1-4-27-19-12-14(5-10-18(19)28-13(2)3)11-17-20(25)23-24(21(17)26)16-8-6-15(22)7-9-16/h5-13H,4H2,1-3H3,(H,23,25)/b17-11-. The van der Waals surface area contributed by atoms with Crippen LogP contribution in [0.15, 0.2) is 48.0 Å². The third-order valence-corrected chi connectivity index (χ3v) is 3.92. The van der Waals surface area contributed by atoms with E-state index in [2.05, 4.69) is 5.43 Å². The lowest BCUT2D eigenvalue weighted by Crippen LogP contribution is -2.35. The molecule has 0 radical (unpaired) electrons. The third-order valence-electron chi connectivity index (χ3n) is 3.92. The first-order valence-corrected chi connectivity index (χ1v) is 8.95.